The second-order valence-electron chi connectivity index (χ2n) is 6.14. The number of amides is 1. The fourth-order valence-corrected chi connectivity index (χ4v) is 3.05. The lowest BCUT2D eigenvalue weighted by Crippen LogP contribution is -2.45. The van der Waals surface area contributed by atoms with Crippen LogP contribution in [0, 0.1) is 0 Å². The number of rotatable bonds is 4. The fourth-order valence-electron chi connectivity index (χ4n) is 2.12. The van der Waals surface area contributed by atoms with Crippen molar-refractivity contribution in [3.63, 3.8) is 0 Å². The van der Waals surface area contributed by atoms with Crippen molar-refractivity contribution < 1.29 is 4.79 Å². The van der Waals surface area contributed by atoms with Crippen LogP contribution >= 0.6 is 11.3 Å². The van der Waals surface area contributed by atoms with E-state index in [2.05, 4.69) is 28.3 Å². The van der Waals surface area contributed by atoms with E-state index in [9.17, 15) is 4.79 Å². The molecule has 0 saturated carbocycles. The summed E-state index contributed by atoms with van der Waals surface area (Å²) in [7, 11) is 1.88. The van der Waals surface area contributed by atoms with Gasteiger partial charge in [0.15, 0.2) is 0 Å². The van der Waals surface area contributed by atoms with E-state index in [1.54, 1.807) is 17.7 Å². The van der Waals surface area contributed by atoms with Crippen LogP contribution in [0.4, 0.5) is 5.82 Å². The molecule has 5 nitrogen and oxygen atoms in total. The van der Waals surface area contributed by atoms with E-state index in [-0.39, 0.29) is 18.0 Å². The van der Waals surface area contributed by atoms with Gasteiger partial charge in [-0.25, -0.2) is 9.97 Å². The van der Waals surface area contributed by atoms with Crippen LogP contribution in [0.3, 0.4) is 0 Å². The molecule has 0 aliphatic rings. The number of anilines is 1. The Morgan fingerprint density at radius 2 is 2.10 bits per heavy atom. The van der Waals surface area contributed by atoms with Gasteiger partial charge in [0.2, 0.25) is 5.91 Å². The summed E-state index contributed by atoms with van der Waals surface area (Å²) in [6.45, 7) is 8.32. The van der Waals surface area contributed by atoms with Crippen molar-refractivity contribution >= 4 is 33.3 Å². The predicted molar refractivity (Wildman–Crippen MR) is 88.0 cm³/mol. The van der Waals surface area contributed by atoms with Gasteiger partial charge in [-0.15, -0.1) is 11.3 Å². The smallest absolute Gasteiger partial charge is 0.239 e. The zero-order valence-electron chi connectivity index (χ0n) is 13.2. The lowest BCUT2D eigenvalue weighted by Gasteiger charge is -2.24. The summed E-state index contributed by atoms with van der Waals surface area (Å²) in [5, 5.41) is 3.98. The minimum atomic E-state index is -0.226. The van der Waals surface area contributed by atoms with Gasteiger partial charge >= 0.3 is 0 Å². The van der Waals surface area contributed by atoms with E-state index in [0.717, 1.165) is 22.5 Å². The molecule has 0 unspecified atom stereocenters. The Bertz CT molecular complexity index is 645. The molecule has 1 N–H and O–H groups in total. The van der Waals surface area contributed by atoms with Gasteiger partial charge in [-0.1, -0.05) is 6.92 Å². The Kier molecular flexibility index (Phi) is 4.46. The molecule has 2 aromatic rings. The molecule has 0 saturated heterocycles. The van der Waals surface area contributed by atoms with Crippen LogP contribution in [0.1, 0.15) is 32.6 Å². The number of likely N-dealkylation sites (N-methyl/N-ethyl adjacent to an activating group) is 1. The molecule has 1 amide bonds. The number of carbonyl (C=O) groups is 1. The van der Waals surface area contributed by atoms with Crippen LogP contribution in [-0.2, 0) is 11.2 Å². The summed E-state index contributed by atoms with van der Waals surface area (Å²) in [6, 6.07) is 2.12. The number of carbonyl (C=O) groups excluding carboxylic acids is 1. The molecule has 21 heavy (non-hydrogen) atoms. The van der Waals surface area contributed by atoms with Crippen molar-refractivity contribution in [1.82, 2.24) is 15.3 Å². The van der Waals surface area contributed by atoms with Crippen molar-refractivity contribution in [2.24, 2.45) is 0 Å². The van der Waals surface area contributed by atoms with Gasteiger partial charge in [-0.05, 0) is 33.3 Å². The molecular formula is C15H22N4OS. The van der Waals surface area contributed by atoms with E-state index in [1.807, 2.05) is 32.7 Å². The summed E-state index contributed by atoms with van der Waals surface area (Å²) in [5.41, 5.74) is -0.226. The minimum Gasteiger partial charge on any atom is -0.350 e. The zero-order chi connectivity index (χ0) is 15.6. The summed E-state index contributed by atoms with van der Waals surface area (Å²) >= 11 is 1.68. The molecule has 2 heterocycles. The van der Waals surface area contributed by atoms with Gasteiger partial charge < -0.3 is 10.2 Å². The van der Waals surface area contributed by atoms with Crippen molar-refractivity contribution in [3.8, 4) is 0 Å². The molecule has 0 fully saturated rings. The molecular weight excluding hydrogens is 284 g/mol. The molecule has 2 rings (SSSR count). The van der Waals surface area contributed by atoms with Crippen molar-refractivity contribution in [3.05, 3.63) is 17.3 Å². The highest BCUT2D eigenvalue weighted by Gasteiger charge is 2.17. The van der Waals surface area contributed by atoms with Crippen LogP contribution in [0.15, 0.2) is 12.4 Å². The molecule has 0 aliphatic carbocycles. The molecule has 0 atom stereocenters. The number of aryl methyl sites for hydroxylation is 1. The first-order valence-corrected chi connectivity index (χ1v) is 7.87. The summed E-state index contributed by atoms with van der Waals surface area (Å²) < 4.78 is 0. The van der Waals surface area contributed by atoms with Gasteiger partial charge in [0.25, 0.3) is 0 Å². The van der Waals surface area contributed by atoms with Crippen molar-refractivity contribution in [1.29, 1.82) is 0 Å². The molecule has 0 aromatic carbocycles. The average molecular weight is 306 g/mol. The van der Waals surface area contributed by atoms with E-state index >= 15 is 0 Å². The maximum Gasteiger partial charge on any atom is 0.239 e. The Balaban J connectivity index is 2.21. The quantitative estimate of drug-likeness (QED) is 0.943. The van der Waals surface area contributed by atoms with E-state index in [0.29, 0.717) is 0 Å². The Hall–Kier alpha value is -1.69. The SMILES string of the molecule is CCc1cc2c(N(C)CC(=O)NC(C)(C)C)ncnc2s1. The maximum atomic E-state index is 12.0. The number of nitrogens with one attached hydrogen (secondary N) is 1. The Morgan fingerprint density at radius 1 is 1.38 bits per heavy atom. The average Bonchev–Trinajstić information content (AvgIpc) is 2.78. The molecule has 2 aromatic heterocycles. The van der Waals surface area contributed by atoms with Crippen molar-refractivity contribution in [2.45, 2.75) is 39.7 Å². The zero-order valence-corrected chi connectivity index (χ0v) is 14.0. The second-order valence-corrected chi connectivity index (χ2v) is 7.25. The maximum absolute atomic E-state index is 12.0. The number of fused-ring (bicyclic) bond motifs is 1. The molecule has 0 radical (unpaired) electrons. The van der Waals surface area contributed by atoms with Crippen LogP contribution in [0.25, 0.3) is 10.2 Å². The molecule has 0 spiro atoms. The summed E-state index contributed by atoms with van der Waals surface area (Å²) in [5.74, 6) is 0.794. The van der Waals surface area contributed by atoms with Crippen molar-refractivity contribution in [2.75, 3.05) is 18.5 Å². The summed E-state index contributed by atoms with van der Waals surface area (Å²) in [4.78, 5) is 24.8. The Labute approximate surface area is 129 Å². The lowest BCUT2D eigenvalue weighted by atomic mass is 10.1. The normalized spacial score (nSPS) is 11.7. The highest BCUT2D eigenvalue weighted by molar-refractivity contribution is 7.18. The first-order chi connectivity index (χ1) is 9.80. The number of hydrogen-bond donors (Lipinski definition) is 1. The number of nitrogens with zero attached hydrogens (tertiary/aromatic N) is 3. The molecule has 0 bridgehead atoms. The van der Waals surface area contributed by atoms with Gasteiger partial charge in [-0.2, -0.15) is 0 Å². The predicted octanol–water partition coefficient (Wildman–Crippen LogP) is 2.60. The minimum absolute atomic E-state index is 0.0114. The monoisotopic (exact) mass is 306 g/mol. The highest BCUT2D eigenvalue weighted by Crippen LogP contribution is 2.29. The van der Waals surface area contributed by atoms with E-state index in [4.69, 9.17) is 0 Å². The van der Waals surface area contributed by atoms with Gasteiger partial charge in [0.05, 0.1) is 11.9 Å². The van der Waals surface area contributed by atoms with Gasteiger partial charge in [0, 0.05) is 17.5 Å². The third-order valence-electron chi connectivity index (χ3n) is 2.96. The number of thiophene rings is 1. The second kappa shape index (κ2) is 5.97. The lowest BCUT2D eigenvalue weighted by molar-refractivity contribution is -0.121. The Morgan fingerprint density at radius 3 is 2.71 bits per heavy atom. The van der Waals surface area contributed by atoms with E-state index < -0.39 is 0 Å². The highest BCUT2D eigenvalue weighted by atomic mass is 32.1. The fraction of sp³-hybridized carbons (Fsp3) is 0.533. The largest absolute Gasteiger partial charge is 0.350 e. The first kappa shape index (κ1) is 15.7. The first-order valence-electron chi connectivity index (χ1n) is 7.05. The summed E-state index contributed by atoms with van der Waals surface area (Å²) in [6.07, 6.45) is 2.54. The number of aromatic nitrogens is 2. The third-order valence-corrected chi connectivity index (χ3v) is 4.15. The molecule has 114 valence electrons. The topological polar surface area (TPSA) is 58.1 Å². The van der Waals surface area contributed by atoms with Gasteiger partial charge in [0.1, 0.15) is 17.0 Å². The van der Waals surface area contributed by atoms with Crippen LogP contribution < -0.4 is 10.2 Å². The third kappa shape index (κ3) is 3.91. The van der Waals surface area contributed by atoms with Crippen LogP contribution in [0.5, 0.6) is 0 Å². The van der Waals surface area contributed by atoms with Crippen LogP contribution in [-0.4, -0.2) is 35.0 Å². The van der Waals surface area contributed by atoms with Crippen LogP contribution in [0.2, 0.25) is 0 Å². The standard InChI is InChI=1S/C15H22N4OS/c1-6-10-7-11-13(16-9-17-14(11)21-10)19(5)8-12(20)18-15(2,3)4/h7,9H,6,8H2,1-5H3,(H,18,20). The van der Waals surface area contributed by atoms with Gasteiger partial charge in [-0.3, -0.25) is 4.79 Å². The molecule has 6 heteroatoms. The van der Waals surface area contributed by atoms with E-state index in [1.165, 1.54) is 4.88 Å². The number of hydrogen-bond acceptors (Lipinski definition) is 5. The molecule has 0 aliphatic heterocycles.